The van der Waals surface area contributed by atoms with Crippen molar-refractivity contribution in [3.63, 3.8) is 0 Å². The van der Waals surface area contributed by atoms with Crippen LogP contribution in [0.5, 0.6) is 0 Å². The lowest BCUT2D eigenvalue weighted by Crippen LogP contribution is -2.32. The van der Waals surface area contributed by atoms with Crippen LogP contribution in [-0.4, -0.2) is 12.1 Å². The van der Waals surface area contributed by atoms with E-state index in [-0.39, 0.29) is 6.61 Å². The average molecular weight is 181 g/mol. The molecule has 0 unspecified atom stereocenters. The second kappa shape index (κ2) is 2.87. The summed E-state index contributed by atoms with van der Waals surface area (Å²) in [5.41, 5.74) is -0.626. The van der Waals surface area contributed by atoms with Crippen LogP contribution in [0.15, 0.2) is 11.4 Å². The molecule has 62 valence electrons. The first kappa shape index (κ1) is 8.61. The number of aliphatic hydroxyl groups excluding tert-OH is 1. The van der Waals surface area contributed by atoms with E-state index < -0.39 is 12.4 Å². The SMILES string of the molecule is OCc1cc([B-](F)(F)F)cs1. The van der Waals surface area contributed by atoms with E-state index in [2.05, 4.69) is 0 Å². The molecule has 1 rings (SSSR count). The number of rotatable bonds is 2. The van der Waals surface area contributed by atoms with Crippen molar-refractivity contribution in [3.05, 3.63) is 16.3 Å². The Kier molecular flexibility index (Phi) is 2.24. The number of thiophene rings is 1. The van der Waals surface area contributed by atoms with E-state index in [9.17, 15) is 12.9 Å². The Bertz CT molecular complexity index is 244. The van der Waals surface area contributed by atoms with Crippen molar-refractivity contribution < 1.29 is 18.1 Å². The molecular formula is C5H5BF3OS-. The topological polar surface area (TPSA) is 20.2 Å². The highest BCUT2D eigenvalue weighted by atomic mass is 32.1. The van der Waals surface area contributed by atoms with Crippen LogP contribution >= 0.6 is 11.3 Å². The predicted octanol–water partition coefficient (Wildman–Crippen LogP) is 1.29. The van der Waals surface area contributed by atoms with Gasteiger partial charge in [-0.25, -0.2) is 0 Å². The van der Waals surface area contributed by atoms with Crippen LogP contribution in [0.2, 0.25) is 0 Å². The number of hydrogen-bond acceptors (Lipinski definition) is 2. The average Bonchev–Trinajstić information content (AvgIpc) is 2.32. The fraction of sp³-hybridized carbons (Fsp3) is 0.200. The van der Waals surface area contributed by atoms with Gasteiger partial charge in [0.2, 0.25) is 0 Å². The van der Waals surface area contributed by atoms with Crippen molar-refractivity contribution in [2.45, 2.75) is 6.61 Å². The van der Waals surface area contributed by atoms with Gasteiger partial charge in [0.25, 0.3) is 0 Å². The van der Waals surface area contributed by atoms with Crippen molar-refractivity contribution in [2.24, 2.45) is 0 Å². The van der Waals surface area contributed by atoms with Gasteiger partial charge in [-0.15, -0.1) is 11.3 Å². The molecule has 1 aromatic heterocycles. The van der Waals surface area contributed by atoms with Crippen LogP contribution in [0.1, 0.15) is 4.88 Å². The first-order chi connectivity index (χ1) is 5.04. The maximum absolute atomic E-state index is 11.9. The molecule has 0 aromatic carbocycles. The zero-order chi connectivity index (χ0) is 8.48. The van der Waals surface area contributed by atoms with E-state index in [1.807, 2.05) is 0 Å². The molecule has 0 saturated heterocycles. The Hall–Kier alpha value is -0.485. The molecule has 11 heavy (non-hydrogen) atoms. The normalized spacial score (nSPS) is 12.0. The summed E-state index contributed by atoms with van der Waals surface area (Å²) in [7, 11) is 0. The first-order valence-electron chi connectivity index (χ1n) is 2.92. The quantitative estimate of drug-likeness (QED) is 0.681. The van der Waals surface area contributed by atoms with Crippen molar-refractivity contribution in [1.82, 2.24) is 0 Å². The summed E-state index contributed by atoms with van der Waals surface area (Å²) in [5.74, 6) is 0. The minimum Gasteiger partial charge on any atom is -0.445 e. The summed E-state index contributed by atoms with van der Waals surface area (Å²) >= 11 is 0.922. The van der Waals surface area contributed by atoms with E-state index in [0.717, 1.165) is 22.8 Å². The summed E-state index contributed by atoms with van der Waals surface area (Å²) in [5, 5.41) is 9.49. The molecule has 0 bridgehead atoms. The van der Waals surface area contributed by atoms with Gasteiger partial charge in [0.05, 0.1) is 6.61 Å². The molecule has 0 aliphatic carbocycles. The Morgan fingerprint density at radius 2 is 2.09 bits per heavy atom. The molecule has 0 aliphatic heterocycles. The highest BCUT2D eigenvalue weighted by Gasteiger charge is 2.26. The predicted molar refractivity (Wildman–Crippen MR) is 39.0 cm³/mol. The molecule has 0 spiro atoms. The Morgan fingerprint density at radius 3 is 2.36 bits per heavy atom. The van der Waals surface area contributed by atoms with E-state index in [4.69, 9.17) is 5.11 Å². The molecule has 6 heteroatoms. The molecule has 0 atom stereocenters. The zero-order valence-corrected chi connectivity index (χ0v) is 6.25. The van der Waals surface area contributed by atoms with Gasteiger partial charge >= 0.3 is 6.98 Å². The lowest BCUT2D eigenvalue weighted by atomic mass is 9.82. The van der Waals surface area contributed by atoms with Crippen LogP contribution in [-0.2, 0) is 6.61 Å². The van der Waals surface area contributed by atoms with Gasteiger partial charge in [-0.3, -0.25) is 0 Å². The molecule has 0 fully saturated rings. The van der Waals surface area contributed by atoms with Gasteiger partial charge in [-0.1, -0.05) is 11.5 Å². The second-order valence-corrected chi connectivity index (χ2v) is 3.08. The highest BCUT2D eigenvalue weighted by molar-refractivity contribution is 7.11. The third-order valence-electron chi connectivity index (χ3n) is 1.21. The van der Waals surface area contributed by atoms with Crippen LogP contribution in [0.4, 0.5) is 12.9 Å². The molecule has 0 aliphatic rings. The standard InChI is InChI=1S/C5H5BF3OS/c7-6(8,9)4-1-5(2-10)11-3-4/h1,3,10H,2H2/q-1. The molecule has 0 amide bonds. The largest absolute Gasteiger partial charge is 0.510 e. The number of hydrogen-bond donors (Lipinski definition) is 1. The molecular weight excluding hydrogens is 176 g/mol. The smallest absolute Gasteiger partial charge is 0.445 e. The minimum atomic E-state index is -4.89. The van der Waals surface area contributed by atoms with Crippen LogP contribution in [0.25, 0.3) is 0 Å². The fourth-order valence-electron chi connectivity index (χ4n) is 0.652. The Labute approximate surface area is 65.5 Å². The maximum atomic E-state index is 11.9. The summed E-state index contributed by atoms with van der Waals surface area (Å²) in [6, 6.07) is 0.977. The summed E-state index contributed by atoms with van der Waals surface area (Å²) in [6.07, 6.45) is 0. The maximum Gasteiger partial charge on any atom is 0.510 e. The fourth-order valence-corrected chi connectivity index (χ4v) is 1.44. The van der Waals surface area contributed by atoms with E-state index in [1.165, 1.54) is 0 Å². The number of aliphatic hydroxyl groups is 1. The monoisotopic (exact) mass is 181 g/mol. The van der Waals surface area contributed by atoms with Gasteiger partial charge in [-0.05, 0) is 5.38 Å². The molecule has 0 radical (unpaired) electrons. The van der Waals surface area contributed by atoms with Crippen molar-refractivity contribution in [3.8, 4) is 0 Å². The lowest BCUT2D eigenvalue weighted by Gasteiger charge is -2.10. The number of halogens is 3. The lowest BCUT2D eigenvalue weighted by molar-refractivity contribution is 0.285. The zero-order valence-electron chi connectivity index (χ0n) is 5.43. The third-order valence-corrected chi connectivity index (χ3v) is 2.15. The van der Waals surface area contributed by atoms with Gasteiger partial charge in [0.15, 0.2) is 0 Å². The van der Waals surface area contributed by atoms with Crippen LogP contribution < -0.4 is 5.46 Å². The molecule has 1 aromatic rings. The van der Waals surface area contributed by atoms with Gasteiger partial charge in [0, 0.05) is 4.88 Å². The van der Waals surface area contributed by atoms with Gasteiger partial charge in [-0.2, -0.15) is 0 Å². The minimum absolute atomic E-state index is 0.323. The van der Waals surface area contributed by atoms with Crippen molar-refractivity contribution in [1.29, 1.82) is 0 Å². The van der Waals surface area contributed by atoms with E-state index >= 15 is 0 Å². The molecule has 0 saturated carbocycles. The van der Waals surface area contributed by atoms with Crippen molar-refractivity contribution in [2.75, 3.05) is 0 Å². The Balaban J connectivity index is 2.89. The van der Waals surface area contributed by atoms with Crippen molar-refractivity contribution >= 4 is 23.8 Å². The highest BCUT2D eigenvalue weighted by Crippen LogP contribution is 2.14. The summed E-state index contributed by atoms with van der Waals surface area (Å²) < 4.78 is 35.8. The van der Waals surface area contributed by atoms with Crippen LogP contribution in [0, 0.1) is 0 Å². The Morgan fingerprint density at radius 1 is 1.45 bits per heavy atom. The van der Waals surface area contributed by atoms with Crippen LogP contribution in [0.3, 0.4) is 0 Å². The second-order valence-electron chi connectivity index (χ2n) is 2.08. The third kappa shape index (κ3) is 1.97. The first-order valence-corrected chi connectivity index (χ1v) is 3.80. The molecule has 1 N–H and O–H groups in total. The molecule has 1 nitrogen and oxygen atoms in total. The van der Waals surface area contributed by atoms with E-state index in [0.29, 0.717) is 4.88 Å². The summed E-state index contributed by atoms with van der Waals surface area (Å²) in [4.78, 5) is 0.346. The van der Waals surface area contributed by atoms with E-state index in [1.54, 1.807) is 0 Å². The molecule has 1 heterocycles. The van der Waals surface area contributed by atoms with Gasteiger partial charge in [0.1, 0.15) is 0 Å². The summed E-state index contributed by atoms with van der Waals surface area (Å²) in [6.45, 7) is -5.21. The van der Waals surface area contributed by atoms with Gasteiger partial charge < -0.3 is 18.1 Å².